The fourth-order valence-corrected chi connectivity index (χ4v) is 3.95. The van der Waals surface area contributed by atoms with Gasteiger partial charge >= 0.3 is 0 Å². The van der Waals surface area contributed by atoms with E-state index in [1.54, 1.807) is 7.11 Å². The quantitative estimate of drug-likeness (QED) is 0.538. The third-order valence-corrected chi connectivity index (χ3v) is 5.74. The van der Waals surface area contributed by atoms with Crippen LogP contribution in [0.2, 0.25) is 0 Å². The lowest BCUT2D eigenvalue weighted by Gasteiger charge is -2.11. The minimum Gasteiger partial charge on any atom is -0.496 e. The van der Waals surface area contributed by atoms with Crippen molar-refractivity contribution < 1.29 is 14.6 Å². The molecule has 0 saturated heterocycles. The predicted octanol–water partition coefficient (Wildman–Crippen LogP) is 3.12. The minimum absolute atomic E-state index is 0.205. The van der Waals surface area contributed by atoms with Gasteiger partial charge in [0.25, 0.3) is 5.91 Å². The molecule has 1 atom stereocenters. The normalized spacial score (nSPS) is 12.0. The van der Waals surface area contributed by atoms with E-state index in [4.69, 9.17) is 4.74 Å². The first-order valence-corrected chi connectivity index (χ1v) is 9.92. The highest BCUT2D eigenvalue weighted by Crippen LogP contribution is 2.33. The largest absolute Gasteiger partial charge is 0.496 e. The van der Waals surface area contributed by atoms with E-state index in [1.807, 2.05) is 38.1 Å². The Kier molecular flexibility index (Phi) is 6.43. The van der Waals surface area contributed by atoms with Crippen LogP contribution in [0.15, 0.2) is 30.6 Å². The molecule has 0 spiro atoms. The van der Waals surface area contributed by atoms with Gasteiger partial charge in [-0.1, -0.05) is 25.1 Å². The lowest BCUT2D eigenvalue weighted by atomic mass is 10.1. The van der Waals surface area contributed by atoms with E-state index >= 15 is 0 Å². The number of thiophene rings is 1. The highest BCUT2D eigenvalue weighted by atomic mass is 32.1. The highest BCUT2D eigenvalue weighted by molar-refractivity contribution is 7.20. The van der Waals surface area contributed by atoms with E-state index in [-0.39, 0.29) is 12.5 Å². The van der Waals surface area contributed by atoms with Gasteiger partial charge in [0.05, 0.1) is 23.5 Å². The summed E-state index contributed by atoms with van der Waals surface area (Å²) in [4.78, 5) is 22.6. The third-order valence-electron chi connectivity index (χ3n) is 4.54. The van der Waals surface area contributed by atoms with Crippen molar-refractivity contribution in [3.63, 3.8) is 0 Å². The number of amides is 1. The van der Waals surface area contributed by atoms with Crippen LogP contribution in [0, 0.1) is 6.92 Å². The lowest BCUT2D eigenvalue weighted by Crippen LogP contribution is -2.31. The van der Waals surface area contributed by atoms with E-state index in [1.165, 1.54) is 17.7 Å². The molecule has 3 aromatic rings. The van der Waals surface area contributed by atoms with Crippen molar-refractivity contribution >= 4 is 33.3 Å². The number of anilines is 1. The van der Waals surface area contributed by atoms with Crippen LogP contribution >= 0.6 is 11.3 Å². The van der Waals surface area contributed by atoms with Crippen molar-refractivity contribution in [3.05, 3.63) is 46.6 Å². The van der Waals surface area contributed by atoms with Crippen molar-refractivity contribution in [2.45, 2.75) is 32.9 Å². The van der Waals surface area contributed by atoms with Gasteiger partial charge in [-0.05, 0) is 25.0 Å². The number of aromatic nitrogens is 2. The summed E-state index contributed by atoms with van der Waals surface area (Å²) in [6.45, 7) is 4.53. The zero-order valence-corrected chi connectivity index (χ0v) is 17.0. The van der Waals surface area contributed by atoms with E-state index in [9.17, 15) is 9.90 Å². The molecule has 0 saturated carbocycles. The summed E-state index contributed by atoms with van der Waals surface area (Å²) < 4.78 is 5.39. The van der Waals surface area contributed by atoms with Crippen LogP contribution in [0.3, 0.4) is 0 Å². The molecule has 3 rings (SSSR count). The van der Waals surface area contributed by atoms with Crippen LogP contribution < -0.4 is 15.4 Å². The Morgan fingerprint density at radius 3 is 2.86 bits per heavy atom. The number of carbonyl (C=O) groups excluding carboxylic acids is 1. The standard InChI is InChI=1S/C20H24N4O3S/c1-4-14(25)10-22-19(26)17-12(2)16-18(23-11-24-20(16)28-17)21-9-13-7-5-6-8-15(13)27-3/h5-8,11,14,25H,4,9-10H2,1-3H3,(H,22,26)(H,21,23,24). The van der Waals surface area contributed by atoms with E-state index in [0.29, 0.717) is 23.7 Å². The number of ether oxygens (including phenoxy) is 1. The van der Waals surface area contributed by atoms with Crippen molar-refractivity contribution in [1.82, 2.24) is 15.3 Å². The molecule has 0 radical (unpaired) electrons. The molecule has 7 nitrogen and oxygen atoms in total. The summed E-state index contributed by atoms with van der Waals surface area (Å²) in [6.07, 6.45) is 1.54. The number of carbonyl (C=O) groups is 1. The van der Waals surface area contributed by atoms with Crippen LogP contribution in [0.4, 0.5) is 5.82 Å². The molecule has 0 aliphatic carbocycles. The number of hydrogen-bond acceptors (Lipinski definition) is 7. The second-order valence-corrected chi connectivity index (χ2v) is 7.40. The van der Waals surface area contributed by atoms with Crippen LogP contribution in [-0.4, -0.2) is 40.7 Å². The molecule has 28 heavy (non-hydrogen) atoms. The molecular weight excluding hydrogens is 376 g/mol. The number of aliphatic hydroxyl groups is 1. The van der Waals surface area contributed by atoms with Crippen molar-refractivity contribution in [2.75, 3.05) is 19.0 Å². The molecular formula is C20H24N4O3S. The summed E-state index contributed by atoms with van der Waals surface area (Å²) in [5.41, 5.74) is 1.84. The van der Waals surface area contributed by atoms with E-state index in [0.717, 1.165) is 27.1 Å². The molecule has 8 heteroatoms. The van der Waals surface area contributed by atoms with Gasteiger partial charge in [-0.3, -0.25) is 4.79 Å². The molecule has 0 bridgehead atoms. The summed E-state index contributed by atoms with van der Waals surface area (Å²) in [7, 11) is 1.64. The number of para-hydroxylation sites is 1. The second-order valence-electron chi connectivity index (χ2n) is 6.40. The highest BCUT2D eigenvalue weighted by Gasteiger charge is 2.19. The Labute approximate surface area is 167 Å². The fraction of sp³-hybridized carbons (Fsp3) is 0.350. The second kappa shape index (κ2) is 8.99. The zero-order valence-electron chi connectivity index (χ0n) is 16.2. The Balaban J connectivity index is 1.84. The molecule has 0 aliphatic rings. The van der Waals surface area contributed by atoms with Crippen LogP contribution in [-0.2, 0) is 6.54 Å². The van der Waals surface area contributed by atoms with Crippen LogP contribution in [0.5, 0.6) is 5.75 Å². The average molecular weight is 401 g/mol. The molecule has 1 unspecified atom stereocenters. The summed E-state index contributed by atoms with van der Waals surface area (Å²) in [6, 6.07) is 7.78. The maximum Gasteiger partial charge on any atom is 0.261 e. The van der Waals surface area contributed by atoms with Gasteiger partial charge in [-0.15, -0.1) is 11.3 Å². The minimum atomic E-state index is -0.545. The smallest absolute Gasteiger partial charge is 0.261 e. The zero-order chi connectivity index (χ0) is 20.1. The predicted molar refractivity (Wildman–Crippen MR) is 111 cm³/mol. The van der Waals surface area contributed by atoms with Crippen LogP contribution in [0.1, 0.15) is 34.1 Å². The molecule has 2 heterocycles. The SMILES string of the molecule is CCC(O)CNC(=O)c1sc2ncnc(NCc3ccccc3OC)c2c1C. The maximum atomic E-state index is 12.5. The fourth-order valence-electron chi connectivity index (χ4n) is 2.89. The van der Waals surface area contributed by atoms with Crippen molar-refractivity contribution in [1.29, 1.82) is 0 Å². The molecule has 3 N–H and O–H groups in total. The number of nitrogens with one attached hydrogen (secondary N) is 2. The topological polar surface area (TPSA) is 96.4 Å². The van der Waals surface area contributed by atoms with E-state index in [2.05, 4.69) is 20.6 Å². The van der Waals surface area contributed by atoms with Gasteiger partial charge in [0, 0.05) is 18.7 Å². The van der Waals surface area contributed by atoms with Gasteiger partial charge < -0.3 is 20.5 Å². The lowest BCUT2D eigenvalue weighted by molar-refractivity contribution is 0.0917. The Morgan fingerprint density at radius 2 is 2.11 bits per heavy atom. The number of hydrogen-bond donors (Lipinski definition) is 3. The number of fused-ring (bicyclic) bond motifs is 1. The summed E-state index contributed by atoms with van der Waals surface area (Å²) >= 11 is 1.33. The first-order chi connectivity index (χ1) is 13.5. The number of nitrogens with zero attached hydrogens (tertiary/aromatic N) is 2. The Morgan fingerprint density at radius 1 is 1.32 bits per heavy atom. The van der Waals surface area contributed by atoms with Crippen molar-refractivity contribution in [2.24, 2.45) is 0 Å². The number of benzene rings is 1. The molecule has 148 valence electrons. The average Bonchev–Trinajstić information content (AvgIpc) is 3.07. The van der Waals surface area contributed by atoms with E-state index < -0.39 is 6.10 Å². The molecule has 1 amide bonds. The molecule has 1 aromatic carbocycles. The number of aryl methyl sites for hydroxylation is 1. The van der Waals surface area contributed by atoms with Gasteiger partial charge in [0.2, 0.25) is 0 Å². The van der Waals surface area contributed by atoms with Gasteiger partial charge in [0.15, 0.2) is 0 Å². The Bertz CT molecular complexity index is 973. The molecule has 0 aliphatic heterocycles. The van der Waals surface area contributed by atoms with Gasteiger partial charge in [-0.25, -0.2) is 9.97 Å². The molecule has 2 aromatic heterocycles. The van der Waals surface area contributed by atoms with Crippen LogP contribution in [0.25, 0.3) is 10.2 Å². The summed E-state index contributed by atoms with van der Waals surface area (Å²) in [5.74, 6) is 1.28. The maximum absolute atomic E-state index is 12.5. The number of rotatable bonds is 8. The third kappa shape index (κ3) is 4.23. The van der Waals surface area contributed by atoms with Crippen molar-refractivity contribution in [3.8, 4) is 5.75 Å². The monoisotopic (exact) mass is 400 g/mol. The van der Waals surface area contributed by atoms with Gasteiger partial charge in [-0.2, -0.15) is 0 Å². The summed E-state index contributed by atoms with van der Waals surface area (Å²) in [5, 5.41) is 16.6. The first kappa shape index (κ1) is 20.0. The molecule has 0 fully saturated rings. The number of aliphatic hydroxyl groups excluding tert-OH is 1. The number of methoxy groups -OCH3 is 1. The Hall–Kier alpha value is -2.71. The first-order valence-electron chi connectivity index (χ1n) is 9.11. The van der Waals surface area contributed by atoms with Gasteiger partial charge in [0.1, 0.15) is 22.7 Å².